The van der Waals surface area contributed by atoms with Gasteiger partial charge in [-0.2, -0.15) is 0 Å². The van der Waals surface area contributed by atoms with Gasteiger partial charge in [-0.25, -0.2) is 0 Å². The van der Waals surface area contributed by atoms with Gasteiger partial charge in [0.05, 0.1) is 0 Å². The Kier molecular flexibility index (Phi) is 4.25. The minimum Gasteiger partial charge on any atom is -0.485 e. The summed E-state index contributed by atoms with van der Waals surface area (Å²) < 4.78 is 11.2. The van der Waals surface area contributed by atoms with Crippen LogP contribution in [0.15, 0.2) is 48.5 Å². The number of rotatable bonds is 3. The number of fused-ring (bicyclic) bond motifs is 1. The molecule has 0 saturated heterocycles. The number of ether oxygens (including phenoxy) is 2. The van der Waals surface area contributed by atoms with Crippen molar-refractivity contribution in [3.8, 4) is 22.1 Å². The molecule has 126 valence electrons. The molecule has 1 aromatic heterocycles. The molecule has 1 unspecified atom stereocenters. The Labute approximate surface area is 152 Å². The molecular weight excluding hydrogens is 362 g/mol. The highest BCUT2D eigenvalue weighted by Crippen LogP contribution is 2.32. The van der Waals surface area contributed by atoms with Crippen molar-refractivity contribution in [2.45, 2.75) is 6.10 Å². The highest BCUT2D eigenvalue weighted by Gasteiger charge is 2.28. The lowest BCUT2D eigenvalue weighted by atomic mass is 10.2. The average Bonchev–Trinajstić information content (AvgIpc) is 3.10. The second-order valence-electron chi connectivity index (χ2n) is 5.27. The summed E-state index contributed by atoms with van der Waals surface area (Å²) in [6, 6.07) is 14.5. The van der Waals surface area contributed by atoms with Gasteiger partial charge in [-0.3, -0.25) is 10.1 Å². The fraction of sp³-hybridized carbons (Fsp3) is 0.118. The van der Waals surface area contributed by atoms with E-state index in [4.69, 9.17) is 21.1 Å². The van der Waals surface area contributed by atoms with Gasteiger partial charge in [0.15, 0.2) is 11.5 Å². The van der Waals surface area contributed by atoms with Crippen molar-refractivity contribution in [2.24, 2.45) is 0 Å². The third-order valence-corrected chi connectivity index (χ3v) is 4.69. The van der Waals surface area contributed by atoms with Crippen LogP contribution in [0.5, 0.6) is 11.5 Å². The van der Waals surface area contributed by atoms with E-state index in [2.05, 4.69) is 15.5 Å². The standard InChI is InChI=1S/C17H12ClN3O3S/c18-11-7-5-10(6-8-11)16-20-21-17(25-16)19-15(22)14-9-23-12-3-1-2-4-13(12)24-14/h1-8,14H,9H2,(H,19,21,22). The van der Waals surface area contributed by atoms with Crippen LogP contribution in [0.2, 0.25) is 5.02 Å². The van der Waals surface area contributed by atoms with Crippen molar-refractivity contribution in [1.29, 1.82) is 0 Å². The van der Waals surface area contributed by atoms with Crippen molar-refractivity contribution >= 4 is 34.0 Å². The molecule has 25 heavy (non-hydrogen) atoms. The van der Waals surface area contributed by atoms with Crippen LogP contribution in [0, 0.1) is 0 Å². The summed E-state index contributed by atoms with van der Waals surface area (Å²) in [5, 5.41) is 12.6. The van der Waals surface area contributed by atoms with E-state index in [0.717, 1.165) is 5.56 Å². The number of hydrogen-bond acceptors (Lipinski definition) is 6. The van der Waals surface area contributed by atoms with E-state index in [1.165, 1.54) is 11.3 Å². The molecular formula is C17H12ClN3O3S. The molecule has 0 saturated carbocycles. The largest absolute Gasteiger partial charge is 0.485 e. The molecule has 0 bridgehead atoms. The van der Waals surface area contributed by atoms with Crippen molar-refractivity contribution in [3.05, 3.63) is 53.6 Å². The van der Waals surface area contributed by atoms with Gasteiger partial charge in [-0.05, 0) is 24.3 Å². The minimum absolute atomic E-state index is 0.145. The molecule has 0 fully saturated rings. The summed E-state index contributed by atoms with van der Waals surface area (Å²) in [6.07, 6.45) is -0.738. The number of halogens is 1. The second kappa shape index (κ2) is 6.70. The number of nitrogens with zero attached hydrogens (tertiary/aromatic N) is 2. The van der Waals surface area contributed by atoms with Crippen LogP contribution in [-0.4, -0.2) is 28.8 Å². The Hall–Kier alpha value is -2.64. The quantitative estimate of drug-likeness (QED) is 0.758. The molecule has 2 heterocycles. The van der Waals surface area contributed by atoms with E-state index in [-0.39, 0.29) is 12.5 Å². The Morgan fingerprint density at radius 2 is 1.88 bits per heavy atom. The molecule has 1 N–H and O–H groups in total. The van der Waals surface area contributed by atoms with Crippen LogP contribution >= 0.6 is 22.9 Å². The SMILES string of the molecule is O=C(Nc1nnc(-c2ccc(Cl)cc2)s1)C1COc2ccccc2O1. The number of carbonyl (C=O) groups excluding carboxylic acids is 1. The number of aromatic nitrogens is 2. The van der Waals surface area contributed by atoms with Gasteiger partial charge in [0.2, 0.25) is 11.2 Å². The molecule has 0 spiro atoms. The van der Waals surface area contributed by atoms with Crippen LogP contribution in [0.4, 0.5) is 5.13 Å². The minimum atomic E-state index is -0.738. The number of hydrogen-bond donors (Lipinski definition) is 1. The van der Waals surface area contributed by atoms with E-state index in [9.17, 15) is 4.79 Å². The van der Waals surface area contributed by atoms with Crippen molar-refractivity contribution < 1.29 is 14.3 Å². The van der Waals surface area contributed by atoms with Gasteiger partial charge in [0, 0.05) is 10.6 Å². The zero-order valence-corrected chi connectivity index (χ0v) is 14.4. The van der Waals surface area contributed by atoms with E-state index >= 15 is 0 Å². The molecule has 2 aromatic carbocycles. The average molecular weight is 374 g/mol. The molecule has 6 nitrogen and oxygen atoms in total. The number of amides is 1. The van der Waals surface area contributed by atoms with Gasteiger partial charge >= 0.3 is 0 Å². The summed E-state index contributed by atoms with van der Waals surface area (Å²) in [6.45, 7) is 0.145. The van der Waals surface area contributed by atoms with Crippen LogP contribution in [-0.2, 0) is 4.79 Å². The van der Waals surface area contributed by atoms with Gasteiger partial charge < -0.3 is 9.47 Å². The maximum Gasteiger partial charge on any atom is 0.270 e. The highest BCUT2D eigenvalue weighted by molar-refractivity contribution is 7.18. The van der Waals surface area contributed by atoms with Crippen LogP contribution < -0.4 is 14.8 Å². The summed E-state index contributed by atoms with van der Waals surface area (Å²) in [5.74, 6) is 0.855. The van der Waals surface area contributed by atoms with Gasteiger partial charge in [0.25, 0.3) is 5.91 Å². The lowest BCUT2D eigenvalue weighted by Gasteiger charge is -2.25. The molecule has 1 atom stereocenters. The Morgan fingerprint density at radius 3 is 2.68 bits per heavy atom. The monoisotopic (exact) mass is 373 g/mol. The fourth-order valence-electron chi connectivity index (χ4n) is 2.32. The predicted octanol–water partition coefficient (Wildman–Crippen LogP) is 3.64. The molecule has 3 aromatic rings. The van der Waals surface area contributed by atoms with Crippen LogP contribution in [0.3, 0.4) is 0 Å². The summed E-state index contributed by atoms with van der Waals surface area (Å²) in [5.41, 5.74) is 0.883. The summed E-state index contributed by atoms with van der Waals surface area (Å²) >= 11 is 7.16. The van der Waals surface area contributed by atoms with Crippen molar-refractivity contribution in [1.82, 2.24) is 10.2 Å². The summed E-state index contributed by atoms with van der Waals surface area (Å²) in [4.78, 5) is 12.4. The first kappa shape index (κ1) is 15.9. The molecule has 1 aliphatic heterocycles. The lowest BCUT2D eigenvalue weighted by molar-refractivity contribution is -0.125. The van der Waals surface area contributed by atoms with Gasteiger partial charge in [-0.15, -0.1) is 10.2 Å². The number of anilines is 1. The number of carbonyl (C=O) groups is 1. The maximum absolute atomic E-state index is 12.4. The highest BCUT2D eigenvalue weighted by atomic mass is 35.5. The zero-order chi connectivity index (χ0) is 17.2. The second-order valence-corrected chi connectivity index (χ2v) is 6.69. The number of para-hydroxylation sites is 2. The van der Waals surface area contributed by atoms with Crippen molar-refractivity contribution in [2.75, 3.05) is 11.9 Å². The lowest BCUT2D eigenvalue weighted by Crippen LogP contribution is -2.40. The Bertz CT molecular complexity index is 914. The smallest absolute Gasteiger partial charge is 0.270 e. The van der Waals surface area contributed by atoms with Gasteiger partial charge in [0.1, 0.15) is 11.6 Å². The van der Waals surface area contributed by atoms with Crippen molar-refractivity contribution in [3.63, 3.8) is 0 Å². The third-order valence-electron chi connectivity index (χ3n) is 3.55. The third kappa shape index (κ3) is 3.42. The Balaban J connectivity index is 1.44. The molecule has 8 heteroatoms. The van der Waals surface area contributed by atoms with Crippen LogP contribution in [0.1, 0.15) is 0 Å². The fourth-order valence-corrected chi connectivity index (χ4v) is 3.20. The first-order valence-electron chi connectivity index (χ1n) is 7.48. The maximum atomic E-state index is 12.4. The molecule has 4 rings (SSSR count). The van der Waals surface area contributed by atoms with E-state index in [0.29, 0.717) is 26.7 Å². The molecule has 1 amide bonds. The predicted molar refractivity (Wildman–Crippen MR) is 95.3 cm³/mol. The molecule has 0 radical (unpaired) electrons. The first-order valence-corrected chi connectivity index (χ1v) is 8.67. The summed E-state index contributed by atoms with van der Waals surface area (Å²) in [7, 11) is 0. The molecule has 0 aliphatic carbocycles. The number of benzene rings is 2. The Morgan fingerprint density at radius 1 is 1.12 bits per heavy atom. The normalized spacial score (nSPS) is 15.6. The van der Waals surface area contributed by atoms with Gasteiger partial charge in [-0.1, -0.05) is 47.2 Å². The van der Waals surface area contributed by atoms with E-state index < -0.39 is 6.10 Å². The first-order chi connectivity index (χ1) is 12.2. The van der Waals surface area contributed by atoms with E-state index in [1.807, 2.05) is 24.3 Å². The topological polar surface area (TPSA) is 73.3 Å². The number of nitrogens with one attached hydrogen (secondary N) is 1. The van der Waals surface area contributed by atoms with E-state index in [1.54, 1.807) is 24.3 Å². The molecule has 1 aliphatic rings. The van der Waals surface area contributed by atoms with Crippen LogP contribution in [0.25, 0.3) is 10.6 Å². The zero-order valence-electron chi connectivity index (χ0n) is 12.8.